The molecule has 0 bridgehead atoms. The zero-order valence-electron chi connectivity index (χ0n) is 12.4. The molecule has 1 N–H and O–H groups in total. The minimum atomic E-state index is -0.339. The van der Waals surface area contributed by atoms with Crippen molar-refractivity contribution < 1.29 is 13.6 Å². The van der Waals surface area contributed by atoms with Gasteiger partial charge in [-0.1, -0.05) is 34.9 Å². The topological polar surface area (TPSA) is 68.0 Å². The van der Waals surface area contributed by atoms with E-state index in [1.165, 1.54) is 12.1 Å². The van der Waals surface area contributed by atoms with E-state index in [0.29, 0.717) is 11.5 Å². The molecule has 0 aliphatic heterocycles. The van der Waals surface area contributed by atoms with Crippen LogP contribution in [0.3, 0.4) is 0 Å². The quantitative estimate of drug-likeness (QED) is 0.802. The Morgan fingerprint density at radius 2 is 1.78 bits per heavy atom. The number of carbonyl (C=O) groups is 1. The number of rotatable bonds is 4. The summed E-state index contributed by atoms with van der Waals surface area (Å²) in [5, 5.41) is 10.2. The summed E-state index contributed by atoms with van der Waals surface area (Å²) in [6.45, 7) is 1.98. The number of anilines is 1. The molecule has 0 aliphatic carbocycles. The molecule has 0 radical (unpaired) electrons. The Labute approximate surface area is 132 Å². The molecule has 116 valence electrons. The van der Waals surface area contributed by atoms with Gasteiger partial charge in [-0.05, 0) is 36.8 Å². The first-order chi connectivity index (χ1) is 11.1. The van der Waals surface area contributed by atoms with Gasteiger partial charge >= 0.3 is 6.01 Å². The average Bonchev–Trinajstić information content (AvgIpc) is 2.98. The first-order valence-corrected chi connectivity index (χ1v) is 7.05. The van der Waals surface area contributed by atoms with Crippen LogP contribution in [0.15, 0.2) is 52.9 Å². The van der Waals surface area contributed by atoms with Gasteiger partial charge in [-0.25, -0.2) is 4.39 Å². The summed E-state index contributed by atoms with van der Waals surface area (Å²) in [5.74, 6) is -0.313. The number of nitrogens with one attached hydrogen (secondary N) is 1. The Morgan fingerprint density at radius 3 is 2.48 bits per heavy atom. The van der Waals surface area contributed by atoms with Crippen LogP contribution < -0.4 is 5.32 Å². The van der Waals surface area contributed by atoms with E-state index in [1.807, 2.05) is 31.2 Å². The number of nitrogens with zero attached hydrogens (tertiary/aromatic N) is 2. The highest BCUT2D eigenvalue weighted by Gasteiger charge is 2.11. The second-order valence-electron chi connectivity index (χ2n) is 5.13. The highest BCUT2D eigenvalue weighted by atomic mass is 19.1. The molecule has 6 heteroatoms. The maximum atomic E-state index is 12.8. The molecule has 0 saturated carbocycles. The van der Waals surface area contributed by atoms with Crippen molar-refractivity contribution in [3.8, 4) is 11.5 Å². The van der Waals surface area contributed by atoms with Gasteiger partial charge in [-0.3, -0.25) is 10.1 Å². The van der Waals surface area contributed by atoms with Crippen LogP contribution in [0.4, 0.5) is 10.4 Å². The van der Waals surface area contributed by atoms with Crippen molar-refractivity contribution in [2.75, 3.05) is 5.32 Å². The third kappa shape index (κ3) is 3.79. The van der Waals surface area contributed by atoms with Gasteiger partial charge in [0.05, 0.1) is 6.42 Å². The molecular formula is C17H14FN3O2. The summed E-state index contributed by atoms with van der Waals surface area (Å²) in [4.78, 5) is 11.9. The van der Waals surface area contributed by atoms with Crippen LogP contribution >= 0.6 is 0 Å². The van der Waals surface area contributed by atoms with Crippen LogP contribution in [0.5, 0.6) is 0 Å². The van der Waals surface area contributed by atoms with Gasteiger partial charge in [-0.15, -0.1) is 5.10 Å². The fourth-order valence-electron chi connectivity index (χ4n) is 2.04. The van der Waals surface area contributed by atoms with Crippen LogP contribution in [-0.4, -0.2) is 16.1 Å². The van der Waals surface area contributed by atoms with Crippen LogP contribution in [-0.2, 0) is 11.2 Å². The third-order valence-corrected chi connectivity index (χ3v) is 3.25. The van der Waals surface area contributed by atoms with E-state index in [1.54, 1.807) is 12.1 Å². The SMILES string of the molecule is Cc1ccc(-c2nnc(NC(=O)Cc3ccc(F)cc3)o2)cc1. The van der Waals surface area contributed by atoms with Gasteiger partial charge in [-0.2, -0.15) is 0 Å². The van der Waals surface area contributed by atoms with E-state index >= 15 is 0 Å². The first kappa shape index (κ1) is 14.9. The Morgan fingerprint density at radius 1 is 1.09 bits per heavy atom. The van der Waals surface area contributed by atoms with Crippen molar-refractivity contribution in [2.24, 2.45) is 0 Å². The van der Waals surface area contributed by atoms with Crippen molar-refractivity contribution in [3.05, 3.63) is 65.5 Å². The minimum Gasteiger partial charge on any atom is -0.403 e. The van der Waals surface area contributed by atoms with Crippen molar-refractivity contribution in [2.45, 2.75) is 13.3 Å². The third-order valence-electron chi connectivity index (χ3n) is 3.25. The summed E-state index contributed by atoms with van der Waals surface area (Å²) >= 11 is 0. The lowest BCUT2D eigenvalue weighted by Gasteiger charge is -2.01. The Kier molecular flexibility index (Phi) is 4.14. The highest BCUT2D eigenvalue weighted by Crippen LogP contribution is 2.20. The lowest BCUT2D eigenvalue weighted by atomic mass is 10.1. The Hall–Kier alpha value is -3.02. The first-order valence-electron chi connectivity index (χ1n) is 7.05. The van der Waals surface area contributed by atoms with Crippen molar-refractivity contribution >= 4 is 11.9 Å². The molecule has 5 nitrogen and oxygen atoms in total. The summed E-state index contributed by atoms with van der Waals surface area (Å²) < 4.78 is 18.2. The van der Waals surface area contributed by atoms with Gasteiger partial charge in [0.2, 0.25) is 11.8 Å². The van der Waals surface area contributed by atoms with Gasteiger partial charge in [0.25, 0.3) is 0 Å². The summed E-state index contributed by atoms with van der Waals surface area (Å²) in [5.41, 5.74) is 2.60. The molecule has 0 saturated heterocycles. The molecule has 2 aromatic carbocycles. The van der Waals surface area contributed by atoms with E-state index < -0.39 is 0 Å². The molecule has 0 atom stereocenters. The Bertz CT molecular complexity index is 811. The maximum absolute atomic E-state index is 12.8. The minimum absolute atomic E-state index is 0.0349. The second-order valence-corrected chi connectivity index (χ2v) is 5.13. The lowest BCUT2D eigenvalue weighted by Crippen LogP contribution is -2.14. The van der Waals surface area contributed by atoms with Gasteiger partial charge in [0.1, 0.15) is 5.82 Å². The highest BCUT2D eigenvalue weighted by molar-refractivity contribution is 5.90. The van der Waals surface area contributed by atoms with E-state index in [9.17, 15) is 9.18 Å². The summed E-state index contributed by atoms with van der Waals surface area (Å²) in [7, 11) is 0. The van der Waals surface area contributed by atoms with Crippen LogP contribution in [0.2, 0.25) is 0 Å². The van der Waals surface area contributed by atoms with E-state index in [0.717, 1.165) is 11.1 Å². The Balaban J connectivity index is 1.65. The molecule has 3 rings (SSSR count). The predicted molar refractivity (Wildman–Crippen MR) is 83.2 cm³/mol. The monoisotopic (exact) mass is 311 g/mol. The predicted octanol–water partition coefficient (Wildman–Crippen LogP) is 3.37. The molecule has 0 aliphatic rings. The van der Waals surface area contributed by atoms with Crippen molar-refractivity contribution in [3.63, 3.8) is 0 Å². The van der Waals surface area contributed by atoms with E-state index in [4.69, 9.17) is 4.42 Å². The molecule has 1 aromatic heterocycles. The maximum Gasteiger partial charge on any atom is 0.322 e. The molecule has 23 heavy (non-hydrogen) atoms. The van der Waals surface area contributed by atoms with Gasteiger partial charge in [0, 0.05) is 5.56 Å². The molecule has 0 unspecified atom stereocenters. The largest absolute Gasteiger partial charge is 0.403 e. The fourth-order valence-corrected chi connectivity index (χ4v) is 2.04. The number of hydrogen-bond donors (Lipinski definition) is 1. The molecular weight excluding hydrogens is 297 g/mol. The van der Waals surface area contributed by atoms with Gasteiger partial charge in [0.15, 0.2) is 0 Å². The van der Waals surface area contributed by atoms with Crippen LogP contribution in [0.1, 0.15) is 11.1 Å². The van der Waals surface area contributed by atoms with Crippen molar-refractivity contribution in [1.29, 1.82) is 0 Å². The fraction of sp³-hybridized carbons (Fsp3) is 0.118. The zero-order valence-corrected chi connectivity index (χ0v) is 12.4. The number of carbonyl (C=O) groups excluding carboxylic acids is 1. The average molecular weight is 311 g/mol. The second kappa shape index (κ2) is 6.39. The standard InChI is InChI=1S/C17H14FN3O2/c1-11-2-6-13(7-3-11)16-20-21-17(23-16)19-15(22)10-12-4-8-14(18)9-5-12/h2-9H,10H2,1H3,(H,19,21,22). The van der Waals surface area contributed by atoms with Gasteiger partial charge < -0.3 is 4.42 Å². The number of amides is 1. The van der Waals surface area contributed by atoms with E-state index in [2.05, 4.69) is 15.5 Å². The van der Waals surface area contributed by atoms with E-state index in [-0.39, 0.29) is 24.2 Å². The molecule has 1 amide bonds. The normalized spacial score (nSPS) is 10.5. The number of halogens is 1. The number of aromatic nitrogens is 2. The zero-order chi connectivity index (χ0) is 16.2. The van der Waals surface area contributed by atoms with Crippen LogP contribution in [0.25, 0.3) is 11.5 Å². The number of hydrogen-bond acceptors (Lipinski definition) is 4. The molecule has 0 spiro atoms. The van der Waals surface area contributed by atoms with Crippen LogP contribution in [0, 0.1) is 12.7 Å². The molecule has 3 aromatic rings. The lowest BCUT2D eigenvalue weighted by molar-refractivity contribution is -0.115. The molecule has 0 fully saturated rings. The summed E-state index contributed by atoms with van der Waals surface area (Å²) in [6, 6.07) is 13.4. The molecule has 1 heterocycles. The number of benzene rings is 2. The summed E-state index contributed by atoms with van der Waals surface area (Å²) in [6.07, 6.45) is 0.0997. The van der Waals surface area contributed by atoms with Crippen molar-refractivity contribution in [1.82, 2.24) is 10.2 Å². The smallest absolute Gasteiger partial charge is 0.322 e. The number of aryl methyl sites for hydroxylation is 1.